The van der Waals surface area contributed by atoms with Crippen LogP contribution < -0.4 is 10.1 Å². The lowest BCUT2D eigenvalue weighted by Crippen LogP contribution is -2.28. The van der Waals surface area contributed by atoms with Gasteiger partial charge in [0.05, 0.1) is 13.2 Å². The Morgan fingerprint density at radius 2 is 2.05 bits per heavy atom. The Labute approximate surface area is 120 Å². The van der Waals surface area contributed by atoms with Gasteiger partial charge in [-0.15, -0.1) is 0 Å². The van der Waals surface area contributed by atoms with E-state index >= 15 is 0 Å². The Kier molecular flexibility index (Phi) is 5.87. The highest BCUT2D eigenvalue weighted by atomic mass is 16.5. The summed E-state index contributed by atoms with van der Waals surface area (Å²) >= 11 is 0. The summed E-state index contributed by atoms with van der Waals surface area (Å²) in [6.07, 6.45) is 3.46. The molecule has 0 amide bonds. The molecule has 4 nitrogen and oxygen atoms in total. The van der Waals surface area contributed by atoms with Crippen molar-refractivity contribution >= 4 is 5.97 Å². The van der Waals surface area contributed by atoms with Gasteiger partial charge in [-0.3, -0.25) is 0 Å². The molecule has 0 aliphatic carbocycles. The van der Waals surface area contributed by atoms with Crippen molar-refractivity contribution in [2.24, 2.45) is 5.92 Å². The quantitative estimate of drug-likeness (QED) is 0.812. The smallest absolute Gasteiger partial charge is 0.341 e. The number of benzene rings is 1. The zero-order valence-electron chi connectivity index (χ0n) is 12.1. The van der Waals surface area contributed by atoms with Gasteiger partial charge in [0.2, 0.25) is 0 Å². The third kappa shape index (κ3) is 4.23. The van der Waals surface area contributed by atoms with E-state index in [2.05, 4.69) is 5.32 Å². The molecule has 0 saturated carbocycles. The predicted molar refractivity (Wildman–Crippen MR) is 78.1 cm³/mol. The molecule has 0 atom stereocenters. The summed E-state index contributed by atoms with van der Waals surface area (Å²) in [4.78, 5) is 11.8. The molecule has 0 aromatic heterocycles. The van der Waals surface area contributed by atoms with E-state index in [1.165, 1.54) is 12.8 Å². The van der Waals surface area contributed by atoms with Crippen LogP contribution in [0.5, 0.6) is 5.75 Å². The van der Waals surface area contributed by atoms with Crippen molar-refractivity contribution in [3.05, 3.63) is 29.8 Å². The largest absolute Gasteiger partial charge is 0.493 e. The van der Waals surface area contributed by atoms with Crippen molar-refractivity contribution in [2.75, 3.05) is 26.3 Å². The molecule has 20 heavy (non-hydrogen) atoms. The van der Waals surface area contributed by atoms with Gasteiger partial charge in [-0.1, -0.05) is 12.1 Å². The van der Waals surface area contributed by atoms with Crippen LogP contribution in [0.3, 0.4) is 0 Å². The fraction of sp³-hybridized carbons (Fsp3) is 0.562. The van der Waals surface area contributed by atoms with Crippen molar-refractivity contribution in [3.8, 4) is 5.75 Å². The van der Waals surface area contributed by atoms with E-state index in [1.54, 1.807) is 13.0 Å². The molecule has 1 N–H and O–H groups in total. The van der Waals surface area contributed by atoms with Crippen LogP contribution in [-0.4, -0.2) is 32.3 Å². The first-order valence-corrected chi connectivity index (χ1v) is 7.41. The molecule has 1 aliphatic heterocycles. The second-order valence-electron chi connectivity index (χ2n) is 5.05. The maximum absolute atomic E-state index is 11.8. The topological polar surface area (TPSA) is 47.6 Å². The number of esters is 1. The third-order valence-corrected chi connectivity index (χ3v) is 3.62. The van der Waals surface area contributed by atoms with Crippen LogP contribution in [0, 0.1) is 5.92 Å². The van der Waals surface area contributed by atoms with Gasteiger partial charge in [0.25, 0.3) is 0 Å². The molecule has 1 aromatic carbocycles. The number of nitrogens with one attached hydrogen (secondary N) is 1. The van der Waals surface area contributed by atoms with E-state index in [-0.39, 0.29) is 5.97 Å². The Hall–Kier alpha value is -1.55. The standard InChI is InChI=1S/C16H23NO3/c1-2-19-16(18)14-5-3-4-6-15(14)20-12-9-13-7-10-17-11-8-13/h3-6,13,17H,2,7-12H2,1H3. The average molecular weight is 277 g/mol. The number of carbonyl (C=O) groups is 1. The van der Waals surface area contributed by atoms with Gasteiger partial charge in [-0.05, 0) is 57.3 Å². The number of carbonyl (C=O) groups excluding carboxylic acids is 1. The minimum atomic E-state index is -0.315. The molecule has 1 fully saturated rings. The van der Waals surface area contributed by atoms with E-state index in [4.69, 9.17) is 9.47 Å². The second kappa shape index (κ2) is 7.90. The van der Waals surface area contributed by atoms with E-state index in [0.29, 0.717) is 24.5 Å². The van der Waals surface area contributed by atoms with Crippen molar-refractivity contribution in [3.63, 3.8) is 0 Å². The van der Waals surface area contributed by atoms with Crippen LogP contribution in [0.25, 0.3) is 0 Å². The number of ether oxygens (including phenoxy) is 2. The highest BCUT2D eigenvalue weighted by Gasteiger charge is 2.15. The molecule has 4 heteroatoms. The normalized spacial score (nSPS) is 15.8. The fourth-order valence-corrected chi connectivity index (χ4v) is 2.48. The summed E-state index contributed by atoms with van der Waals surface area (Å²) in [7, 11) is 0. The minimum Gasteiger partial charge on any atom is -0.493 e. The maximum atomic E-state index is 11.8. The summed E-state index contributed by atoms with van der Waals surface area (Å²) in [6, 6.07) is 7.28. The Morgan fingerprint density at radius 3 is 2.80 bits per heavy atom. The molecule has 2 rings (SSSR count). The zero-order valence-corrected chi connectivity index (χ0v) is 12.1. The number of hydrogen-bond donors (Lipinski definition) is 1. The number of rotatable bonds is 6. The van der Waals surface area contributed by atoms with E-state index < -0.39 is 0 Å². The first-order chi connectivity index (χ1) is 9.81. The Balaban J connectivity index is 1.86. The first kappa shape index (κ1) is 14.9. The second-order valence-corrected chi connectivity index (χ2v) is 5.05. The van der Waals surface area contributed by atoms with Crippen molar-refractivity contribution in [1.82, 2.24) is 5.32 Å². The number of para-hydroxylation sites is 1. The van der Waals surface area contributed by atoms with E-state index in [1.807, 2.05) is 18.2 Å². The van der Waals surface area contributed by atoms with Gasteiger partial charge in [0, 0.05) is 0 Å². The summed E-state index contributed by atoms with van der Waals surface area (Å²) in [5.74, 6) is 1.04. The average Bonchev–Trinajstić information content (AvgIpc) is 2.49. The molecule has 110 valence electrons. The van der Waals surface area contributed by atoms with Gasteiger partial charge in [-0.2, -0.15) is 0 Å². The van der Waals surface area contributed by atoms with Gasteiger partial charge < -0.3 is 14.8 Å². The van der Waals surface area contributed by atoms with Gasteiger partial charge in [0.15, 0.2) is 0 Å². The zero-order chi connectivity index (χ0) is 14.2. The highest BCUT2D eigenvalue weighted by molar-refractivity contribution is 5.92. The van der Waals surface area contributed by atoms with Crippen LogP contribution in [0.15, 0.2) is 24.3 Å². The molecule has 0 unspecified atom stereocenters. The molecule has 0 radical (unpaired) electrons. The highest BCUT2D eigenvalue weighted by Crippen LogP contribution is 2.21. The van der Waals surface area contributed by atoms with E-state index in [0.717, 1.165) is 25.4 Å². The summed E-state index contributed by atoms with van der Waals surface area (Å²) in [6.45, 7) is 5.04. The van der Waals surface area contributed by atoms with Gasteiger partial charge >= 0.3 is 5.97 Å². The van der Waals surface area contributed by atoms with Crippen LogP contribution in [-0.2, 0) is 4.74 Å². The molecular formula is C16H23NO3. The molecule has 1 aliphatic rings. The monoisotopic (exact) mass is 277 g/mol. The first-order valence-electron chi connectivity index (χ1n) is 7.41. The molecule has 1 aromatic rings. The Bertz CT molecular complexity index is 427. The Morgan fingerprint density at radius 1 is 1.30 bits per heavy atom. The lowest BCUT2D eigenvalue weighted by Gasteiger charge is -2.22. The number of piperidine rings is 1. The van der Waals surface area contributed by atoms with Crippen LogP contribution >= 0.6 is 0 Å². The summed E-state index contributed by atoms with van der Waals surface area (Å²) in [5.41, 5.74) is 0.514. The van der Waals surface area contributed by atoms with Crippen LogP contribution in [0.1, 0.15) is 36.5 Å². The predicted octanol–water partition coefficient (Wildman–Crippen LogP) is 2.63. The minimum absolute atomic E-state index is 0.315. The summed E-state index contributed by atoms with van der Waals surface area (Å²) in [5, 5.41) is 3.36. The SMILES string of the molecule is CCOC(=O)c1ccccc1OCCC1CCNCC1. The number of hydrogen-bond acceptors (Lipinski definition) is 4. The van der Waals surface area contributed by atoms with Crippen molar-refractivity contribution < 1.29 is 14.3 Å². The molecule has 1 heterocycles. The van der Waals surface area contributed by atoms with Gasteiger partial charge in [-0.25, -0.2) is 4.79 Å². The lowest BCUT2D eigenvalue weighted by molar-refractivity contribution is 0.0521. The summed E-state index contributed by atoms with van der Waals surface area (Å²) < 4.78 is 10.8. The van der Waals surface area contributed by atoms with Crippen LogP contribution in [0.2, 0.25) is 0 Å². The molecule has 0 bridgehead atoms. The molecule has 0 spiro atoms. The van der Waals surface area contributed by atoms with E-state index in [9.17, 15) is 4.79 Å². The van der Waals surface area contributed by atoms with Crippen molar-refractivity contribution in [2.45, 2.75) is 26.2 Å². The molecular weight excluding hydrogens is 254 g/mol. The lowest BCUT2D eigenvalue weighted by atomic mass is 9.95. The van der Waals surface area contributed by atoms with Crippen molar-refractivity contribution in [1.29, 1.82) is 0 Å². The molecule has 1 saturated heterocycles. The maximum Gasteiger partial charge on any atom is 0.341 e. The third-order valence-electron chi connectivity index (χ3n) is 3.62. The van der Waals surface area contributed by atoms with Crippen LogP contribution in [0.4, 0.5) is 0 Å². The fourth-order valence-electron chi connectivity index (χ4n) is 2.48. The van der Waals surface area contributed by atoms with Gasteiger partial charge in [0.1, 0.15) is 11.3 Å².